The predicted molar refractivity (Wildman–Crippen MR) is 135 cm³/mol. The zero-order valence-corrected chi connectivity index (χ0v) is 22.4. The minimum atomic E-state index is -0.381. The topological polar surface area (TPSA) is 57.5 Å². The smallest absolute Gasteiger partial charge is 0.146 e. The van der Waals surface area contributed by atoms with Crippen molar-refractivity contribution in [1.82, 2.24) is 0 Å². The zero-order valence-electron chi connectivity index (χ0n) is 22.4. The molecule has 10 unspecified atom stereocenters. The Labute approximate surface area is 202 Å². The van der Waals surface area contributed by atoms with Gasteiger partial charge in [-0.25, -0.2) is 0 Å². The van der Waals surface area contributed by atoms with Crippen LogP contribution in [-0.2, 0) is 4.79 Å². The quantitative estimate of drug-likeness (QED) is 0.433. The van der Waals surface area contributed by atoms with Crippen LogP contribution in [0.25, 0.3) is 0 Å². The first kappa shape index (κ1) is 25.4. The summed E-state index contributed by atoms with van der Waals surface area (Å²) in [5, 5.41) is 20.1. The Morgan fingerprint density at radius 3 is 2.45 bits per heavy atom. The molecule has 0 aromatic carbocycles. The Kier molecular flexibility index (Phi) is 6.76. The number of hydrogen-bond acceptors (Lipinski definition) is 3. The van der Waals surface area contributed by atoms with Gasteiger partial charge < -0.3 is 10.2 Å². The van der Waals surface area contributed by atoms with Gasteiger partial charge >= 0.3 is 0 Å². The standard InChI is InChI=1S/C30H50O3/c1-18(2)20(4)30(7)17-26(30)19(3)21-14-25(28(5,16-21)12-13-31)24-9-8-22-15-23(32)10-11-29(22,6)27(24)33/h8,18-21,23-26,31-32H,9-17H2,1-7H3. The number of Topliss-reactive ketones (excluding diaryl/α,β-unsaturated/α-hetero) is 1. The number of fused-ring (bicyclic) bond motifs is 1. The number of rotatable bonds is 7. The molecule has 0 heterocycles. The molecule has 0 amide bonds. The van der Waals surface area contributed by atoms with Crippen LogP contribution in [-0.4, -0.2) is 28.7 Å². The number of allylic oxidation sites excluding steroid dienone is 1. The maximum atomic E-state index is 14.0. The molecule has 3 heteroatoms. The number of carbonyl (C=O) groups excluding carboxylic acids is 1. The minimum Gasteiger partial charge on any atom is -0.396 e. The van der Waals surface area contributed by atoms with Crippen LogP contribution in [0.5, 0.6) is 0 Å². The summed E-state index contributed by atoms with van der Waals surface area (Å²) in [4.78, 5) is 14.0. The van der Waals surface area contributed by atoms with Crippen LogP contribution in [0, 0.1) is 57.7 Å². The lowest BCUT2D eigenvalue weighted by Crippen LogP contribution is -2.46. The van der Waals surface area contributed by atoms with Gasteiger partial charge in [-0.1, -0.05) is 53.2 Å². The Balaban J connectivity index is 1.54. The molecular formula is C30H50O3. The van der Waals surface area contributed by atoms with Gasteiger partial charge in [0, 0.05) is 17.9 Å². The van der Waals surface area contributed by atoms with E-state index in [-0.39, 0.29) is 29.5 Å². The molecule has 0 aromatic heterocycles. The second-order valence-electron chi connectivity index (χ2n) is 13.8. The number of aliphatic hydroxyl groups is 2. The van der Waals surface area contributed by atoms with Gasteiger partial charge in [0.1, 0.15) is 5.78 Å². The maximum absolute atomic E-state index is 14.0. The number of carbonyl (C=O) groups is 1. The van der Waals surface area contributed by atoms with Gasteiger partial charge in [0.2, 0.25) is 0 Å². The van der Waals surface area contributed by atoms with Crippen LogP contribution in [0.15, 0.2) is 11.6 Å². The highest BCUT2D eigenvalue weighted by atomic mass is 16.3. The van der Waals surface area contributed by atoms with E-state index in [1.54, 1.807) is 0 Å². The molecule has 0 spiro atoms. The van der Waals surface area contributed by atoms with Crippen molar-refractivity contribution in [3.63, 3.8) is 0 Å². The van der Waals surface area contributed by atoms with Crippen LogP contribution < -0.4 is 0 Å². The monoisotopic (exact) mass is 458 g/mol. The van der Waals surface area contributed by atoms with Crippen LogP contribution in [0.1, 0.15) is 99.8 Å². The van der Waals surface area contributed by atoms with Gasteiger partial charge in [0.25, 0.3) is 0 Å². The van der Waals surface area contributed by atoms with E-state index in [4.69, 9.17) is 0 Å². The molecule has 3 saturated carbocycles. The van der Waals surface area contributed by atoms with Crippen LogP contribution >= 0.6 is 0 Å². The zero-order chi connectivity index (χ0) is 24.3. The van der Waals surface area contributed by atoms with Crippen molar-refractivity contribution in [2.24, 2.45) is 57.7 Å². The van der Waals surface area contributed by atoms with Crippen molar-refractivity contribution in [2.75, 3.05) is 6.61 Å². The summed E-state index contributed by atoms with van der Waals surface area (Å²) < 4.78 is 0. The van der Waals surface area contributed by atoms with E-state index >= 15 is 0 Å². The Bertz CT molecular complexity index is 785. The summed E-state index contributed by atoms with van der Waals surface area (Å²) >= 11 is 0. The van der Waals surface area contributed by atoms with Crippen molar-refractivity contribution in [2.45, 2.75) is 106 Å². The van der Waals surface area contributed by atoms with E-state index in [2.05, 4.69) is 54.5 Å². The van der Waals surface area contributed by atoms with Crippen molar-refractivity contribution in [3.8, 4) is 0 Å². The summed E-state index contributed by atoms with van der Waals surface area (Å²) in [6, 6.07) is 0. The van der Waals surface area contributed by atoms with E-state index in [1.807, 2.05) is 0 Å². The van der Waals surface area contributed by atoms with E-state index in [0.29, 0.717) is 35.4 Å². The lowest BCUT2D eigenvalue weighted by molar-refractivity contribution is -0.136. The molecule has 4 rings (SSSR count). The van der Waals surface area contributed by atoms with Gasteiger partial charge in [-0.3, -0.25) is 4.79 Å². The lowest BCUT2D eigenvalue weighted by atomic mass is 9.57. The molecule has 4 aliphatic carbocycles. The molecule has 0 bridgehead atoms. The molecule has 3 nitrogen and oxygen atoms in total. The largest absolute Gasteiger partial charge is 0.396 e. The molecule has 0 aromatic rings. The van der Waals surface area contributed by atoms with Crippen molar-refractivity contribution >= 4 is 5.78 Å². The first-order valence-corrected chi connectivity index (χ1v) is 13.9. The highest BCUT2D eigenvalue weighted by molar-refractivity contribution is 5.91. The first-order chi connectivity index (χ1) is 15.4. The molecule has 0 radical (unpaired) electrons. The van der Waals surface area contributed by atoms with E-state index < -0.39 is 0 Å². The van der Waals surface area contributed by atoms with Gasteiger partial charge in [-0.15, -0.1) is 0 Å². The van der Waals surface area contributed by atoms with E-state index in [0.717, 1.165) is 56.3 Å². The van der Waals surface area contributed by atoms with Gasteiger partial charge in [-0.2, -0.15) is 0 Å². The maximum Gasteiger partial charge on any atom is 0.146 e. The van der Waals surface area contributed by atoms with Gasteiger partial charge in [0.05, 0.1) is 6.10 Å². The second-order valence-corrected chi connectivity index (χ2v) is 13.8. The summed E-state index contributed by atoms with van der Waals surface area (Å²) in [5.41, 5.74) is 1.31. The second kappa shape index (κ2) is 8.77. The molecule has 3 fully saturated rings. The van der Waals surface area contributed by atoms with E-state index in [9.17, 15) is 15.0 Å². The van der Waals surface area contributed by atoms with Crippen molar-refractivity contribution in [1.29, 1.82) is 0 Å². The normalized spacial score (nSPS) is 47.3. The molecular weight excluding hydrogens is 408 g/mol. The Hall–Kier alpha value is -0.670. The van der Waals surface area contributed by atoms with Crippen LogP contribution in [0.3, 0.4) is 0 Å². The Morgan fingerprint density at radius 1 is 1.12 bits per heavy atom. The summed E-state index contributed by atoms with van der Waals surface area (Å²) in [7, 11) is 0. The first-order valence-electron chi connectivity index (χ1n) is 13.9. The average molecular weight is 459 g/mol. The molecule has 0 saturated heterocycles. The average Bonchev–Trinajstić information content (AvgIpc) is 3.33. The molecule has 33 heavy (non-hydrogen) atoms. The summed E-state index contributed by atoms with van der Waals surface area (Å²) in [6.45, 7) is 16.9. The minimum absolute atomic E-state index is 0.0405. The molecule has 4 aliphatic rings. The molecule has 188 valence electrons. The fraction of sp³-hybridized carbons (Fsp3) is 0.900. The Morgan fingerprint density at radius 2 is 1.82 bits per heavy atom. The number of ketones is 1. The molecule has 0 aliphatic heterocycles. The fourth-order valence-corrected chi connectivity index (χ4v) is 8.77. The highest BCUT2D eigenvalue weighted by Gasteiger charge is 2.60. The van der Waals surface area contributed by atoms with Crippen molar-refractivity contribution in [3.05, 3.63) is 11.6 Å². The van der Waals surface area contributed by atoms with Crippen molar-refractivity contribution < 1.29 is 15.0 Å². The molecule has 10 atom stereocenters. The lowest BCUT2D eigenvalue weighted by Gasteiger charge is -2.46. The summed E-state index contributed by atoms with van der Waals surface area (Å²) in [6.07, 6.45) is 9.48. The predicted octanol–water partition coefficient (Wildman–Crippen LogP) is 6.42. The molecule has 2 N–H and O–H groups in total. The number of aliphatic hydroxyl groups excluding tert-OH is 2. The van der Waals surface area contributed by atoms with E-state index in [1.165, 1.54) is 12.0 Å². The van der Waals surface area contributed by atoms with Crippen LogP contribution in [0.4, 0.5) is 0 Å². The third-order valence-corrected chi connectivity index (χ3v) is 11.8. The fourth-order valence-electron chi connectivity index (χ4n) is 8.77. The third-order valence-electron chi connectivity index (χ3n) is 11.8. The SMILES string of the molecule is CC(C)C(C)C1(C)CC1C(C)C1CC(C2CC=C3CC(O)CCC3(C)C2=O)C(C)(CCO)C1. The highest BCUT2D eigenvalue weighted by Crippen LogP contribution is 2.67. The third kappa shape index (κ3) is 4.18. The van der Waals surface area contributed by atoms with Gasteiger partial charge in [-0.05, 0) is 105 Å². The van der Waals surface area contributed by atoms with Gasteiger partial charge in [0.15, 0.2) is 0 Å². The summed E-state index contributed by atoms with van der Waals surface area (Å²) in [5.74, 6) is 4.46. The number of hydrogen-bond donors (Lipinski definition) is 2. The van der Waals surface area contributed by atoms with Crippen LogP contribution in [0.2, 0.25) is 0 Å².